The summed E-state index contributed by atoms with van der Waals surface area (Å²) in [4.78, 5) is 6.33. The highest BCUT2D eigenvalue weighted by Crippen LogP contribution is 2.18. The van der Waals surface area contributed by atoms with Gasteiger partial charge in [-0.1, -0.05) is 0 Å². The Balaban J connectivity index is 1.89. The quantitative estimate of drug-likeness (QED) is 0.757. The van der Waals surface area contributed by atoms with Crippen LogP contribution in [0.1, 0.15) is 18.4 Å². The summed E-state index contributed by atoms with van der Waals surface area (Å²) < 4.78 is 12.6. The minimum Gasteiger partial charge on any atom is -0.299 e. The molecule has 0 saturated carbocycles. The third-order valence-corrected chi connectivity index (χ3v) is 2.98. The lowest BCUT2D eigenvalue weighted by Gasteiger charge is -2.31. The molecule has 1 fully saturated rings. The molecule has 82 valence electrons. The maximum atomic E-state index is 12.6. The molecule has 1 saturated heterocycles. The fraction of sp³-hybridized carbons (Fsp3) is 0.583. The summed E-state index contributed by atoms with van der Waals surface area (Å²) >= 11 is 0. The Labute approximate surface area is 90.1 Å². The molecule has 3 heteroatoms. The smallest absolute Gasteiger partial charge is 0.0934 e. The lowest BCUT2D eigenvalue weighted by molar-refractivity contribution is 0.147. The fourth-order valence-electron chi connectivity index (χ4n) is 2.17. The van der Waals surface area contributed by atoms with Gasteiger partial charge in [0.15, 0.2) is 0 Å². The van der Waals surface area contributed by atoms with Crippen LogP contribution in [0.3, 0.4) is 0 Å². The van der Waals surface area contributed by atoms with E-state index in [4.69, 9.17) is 0 Å². The molecule has 0 radical (unpaired) electrons. The van der Waals surface area contributed by atoms with Crippen molar-refractivity contribution >= 4 is 0 Å². The van der Waals surface area contributed by atoms with Gasteiger partial charge in [0.25, 0.3) is 0 Å². The number of hydrogen-bond acceptors (Lipinski definition) is 2. The standard InChI is InChI=1S/C12H17FN2/c13-8-12-2-1-7-15(10-12)9-11-3-5-14-6-4-11/h3-6,12H,1-2,7-10H2. The fourth-order valence-corrected chi connectivity index (χ4v) is 2.17. The zero-order valence-corrected chi connectivity index (χ0v) is 8.90. The van der Waals surface area contributed by atoms with Crippen molar-refractivity contribution in [2.24, 2.45) is 5.92 Å². The Morgan fingerprint density at radius 1 is 1.40 bits per heavy atom. The summed E-state index contributed by atoms with van der Waals surface area (Å²) in [6.07, 6.45) is 5.79. The maximum absolute atomic E-state index is 12.6. The number of piperidine rings is 1. The van der Waals surface area contributed by atoms with Crippen molar-refractivity contribution in [3.05, 3.63) is 30.1 Å². The number of hydrogen-bond donors (Lipinski definition) is 0. The first-order chi connectivity index (χ1) is 7.38. The number of rotatable bonds is 3. The zero-order valence-electron chi connectivity index (χ0n) is 8.90. The van der Waals surface area contributed by atoms with Gasteiger partial charge in [0.05, 0.1) is 6.67 Å². The monoisotopic (exact) mass is 208 g/mol. The topological polar surface area (TPSA) is 16.1 Å². The van der Waals surface area contributed by atoms with E-state index < -0.39 is 0 Å². The largest absolute Gasteiger partial charge is 0.299 e. The summed E-state index contributed by atoms with van der Waals surface area (Å²) in [6, 6.07) is 4.05. The van der Waals surface area contributed by atoms with Gasteiger partial charge in [-0.15, -0.1) is 0 Å². The van der Waals surface area contributed by atoms with Gasteiger partial charge in [-0.05, 0) is 37.1 Å². The van der Waals surface area contributed by atoms with Crippen LogP contribution in [0, 0.1) is 5.92 Å². The molecule has 1 unspecified atom stereocenters. The van der Waals surface area contributed by atoms with Gasteiger partial charge >= 0.3 is 0 Å². The molecule has 0 aromatic carbocycles. The molecule has 0 spiro atoms. The average Bonchev–Trinajstić information content (AvgIpc) is 2.31. The van der Waals surface area contributed by atoms with Crippen molar-refractivity contribution in [3.8, 4) is 0 Å². The van der Waals surface area contributed by atoms with Crippen LogP contribution in [0.4, 0.5) is 4.39 Å². The number of aromatic nitrogens is 1. The van der Waals surface area contributed by atoms with Crippen molar-refractivity contribution in [2.45, 2.75) is 19.4 Å². The van der Waals surface area contributed by atoms with E-state index in [1.54, 1.807) is 0 Å². The molecule has 2 nitrogen and oxygen atoms in total. The maximum Gasteiger partial charge on any atom is 0.0934 e. The Morgan fingerprint density at radius 2 is 2.20 bits per heavy atom. The minimum atomic E-state index is -0.174. The predicted octanol–water partition coefficient (Wildman–Crippen LogP) is 2.26. The van der Waals surface area contributed by atoms with Crippen molar-refractivity contribution in [3.63, 3.8) is 0 Å². The molecule has 0 amide bonds. The highest BCUT2D eigenvalue weighted by molar-refractivity contribution is 5.09. The highest BCUT2D eigenvalue weighted by Gasteiger charge is 2.19. The first-order valence-electron chi connectivity index (χ1n) is 5.55. The van der Waals surface area contributed by atoms with E-state index in [9.17, 15) is 4.39 Å². The lowest BCUT2D eigenvalue weighted by atomic mass is 9.99. The van der Waals surface area contributed by atoms with Crippen molar-refractivity contribution in [2.75, 3.05) is 19.8 Å². The minimum absolute atomic E-state index is 0.174. The van der Waals surface area contributed by atoms with E-state index in [-0.39, 0.29) is 12.6 Å². The van der Waals surface area contributed by atoms with Gasteiger partial charge in [0.1, 0.15) is 0 Å². The van der Waals surface area contributed by atoms with Crippen LogP contribution < -0.4 is 0 Å². The number of likely N-dealkylation sites (tertiary alicyclic amines) is 1. The van der Waals surface area contributed by atoms with Gasteiger partial charge in [-0.25, -0.2) is 0 Å². The van der Waals surface area contributed by atoms with Crippen LogP contribution in [-0.4, -0.2) is 29.6 Å². The van der Waals surface area contributed by atoms with Gasteiger partial charge in [0, 0.05) is 31.4 Å². The molecule has 1 aromatic rings. The normalized spacial score (nSPS) is 22.9. The molecule has 15 heavy (non-hydrogen) atoms. The molecule has 2 rings (SSSR count). The SMILES string of the molecule is FCC1CCCN(Cc2ccncc2)C1. The van der Waals surface area contributed by atoms with Crippen LogP contribution >= 0.6 is 0 Å². The molecule has 0 N–H and O–H groups in total. The Hall–Kier alpha value is -0.960. The van der Waals surface area contributed by atoms with E-state index in [1.165, 1.54) is 5.56 Å². The second kappa shape index (κ2) is 5.21. The molecule has 1 aliphatic heterocycles. The van der Waals surface area contributed by atoms with E-state index in [0.717, 1.165) is 32.5 Å². The second-order valence-electron chi connectivity index (χ2n) is 4.25. The number of halogens is 1. The van der Waals surface area contributed by atoms with E-state index >= 15 is 0 Å². The molecular formula is C12H17FN2. The third kappa shape index (κ3) is 2.99. The molecular weight excluding hydrogens is 191 g/mol. The van der Waals surface area contributed by atoms with E-state index in [1.807, 2.05) is 24.5 Å². The Morgan fingerprint density at radius 3 is 2.93 bits per heavy atom. The van der Waals surface area contributed by atoms with E-state index in [2.05, 4.69) is 9.88 Å². The van der Waals surface area contributed by atoms with Crippen LogP contribution in [0.25, 0.3) is 0 Å². The summed E-state index contributed by atoms with van der Waals surface area (Å²) in [5, 5.41) is 0. The van der Waals surface area contributed by atoms with Gasteiger partial charge in [-0.3, -0.25) is 14.3 Å². The molecule has 0 aliphatic carbocycles. The summed E-state index contributed by atoms with van der Waals surface area (Å²) in [5.41, 5.74) is 1.27. The van der Waals surface area contributed by atoms with E-state index in [0.29, 0.717) is 0 Å². The Bertz CT molecular complexity index is 289. The molecule has 0 bridgehead atoms. The number of nitrogens with zero attached hydrogens (tertiary/aromatic N) is 2. The molecule has 1 aromatic heterocycles. The van der Waals surface area contributed by atoms with Gasteiger partial charge < -0.3 is 0 Å². The summed E-state index contributed by atoms with van der Waals surface area (Å²) in [6.45, 7) is 2.75. The third-order valence-electron chi connectivity index (χ3n) is 2.98. The Kier molecular flexibility index (Phi) is 3.67. The predicted molar refractivity (Wildman–Crippen MR) is 58.2 cm³/mol. The lowest BCUT2D eigenvalue weighted by Crippen LogP contribution is -2.35. The molecule has 2 heterocycles. The zero-order chi connectivity index (χ0) is 10.5. The first-order valence-corrected chi connectivity index (χ1v) is 5.55. The van der Waals surface area contributed by atoms with Gasteiger partial charge in [0.2, 0.25) is 0 Å². The highest BCUT2D eigenvalue weighted by atomic mass is 19.1. The first kappa shape index (κ1) is 10.6. The van der Waals surface area contributed by atoms with Crippen LogP contribution in [0.2, 0.25) is 0 Å². The summed E-state index contributed by atoms with van der Waals surface area (Å²) in [7, 11) is 0. The van der Waals surface area contributed by atoms with Crippen molar-refractivity contribution in [1.82, 2.24) is 9.88 Å². The second-order valence-corrected chi connectivity index (χ2v) is 4.25. The van der Waals surface area contributed by atoms with Crippen molar-refractivity contribution in [1.29, 1.82) is 0 Å². The molecule has 1 aliphatic rings. The van der Waals surface area contributed by atoms with Crippen LogP contribution in [-0.2, 0) is 6.54 Å². The van der Waals surface area contributed by atoms with Crippen LogP contribution in [0.5, 0.6) is 0 Å². The summed E-state index contributed by atoms with van der Waals surface area (Å²) in [5.74, 6) is 0.251. The van der Waals surface area contributed by atoms with Gasteiger partial charge in [-0.2, -0.15) is 0 Å². The van der Waals surface area contributed by atoms with Crippen LogP contribution in [0.15, 0.2) is 24.5 Å². The average molecular weight is 208 g/mol. The number of alkyl halides is 1. The molecule has 1 atom stereocenters. The van der Waals surface area contributed by atoms with Crippen molar-refractivity contribution < 1.29 is 4.39 Å². The number of pyridine rings is 1.